The monoisotopic (exact) mass is 912 g/mol. The van der Waals surface area contributed by atoms with E-state index in [1.54, 1.807) is 77.9 Å². The van der Waals surface area contributed by atoms with Crippen molar-refractivity contribution in [1.82, 2.24) is 9.80 Å². The van der Waals surface area contributed by atoms with Crippen molar-refractivity contribution in [2.45, 2.75) is 77.2 Å². The lowest BCUT2D eigenvalue weighted by molar-refractivity contribution is -0.177. The molecule has 4 rings (SSSR count). The predicted molar refractivity (Wildman–Crippen MR) is 228 cm³/mol. The number of phenols is 2. The van der Waals surface area contributed by atoms with Crippen LogP contribution in [0.2, 0.25) is 0 Å². The van der Waals surface area contributed by atoms with Crippen LogP contribution in [0, 0.1) is 10.8 Å². The summed E-state index contributed by atoms with van der Waals surface area (Å²) in [6.07, 6.45) is -0.0201. The molecule has 2 aliphatic heterocycles. The largest absolute Gasteiger partial charge is 0.504 e. The highest BCUT2D eigenvalue weighted by molar-refractivity contribution is 8.76. The van der Waals surface area contributed by atoms with Gasteiger partial charge in [0.1, 0.15) is 22.8 Å². The van der Waals surface area contributed by atoms with E-state index in [1.165, 1.54) is 69.1 Å². The first-order chi connectivity index (χ1) is 28.3. The topological polar surface area (TPSA) is 205 Å². The first-order valence-electron chi connectivity index (χ1n) is 18.8. The van der Waals surface area contributed by atoms with Crippen molar-refractivity contribution in [1.29, 1.82) is 0 Å². The van der Waals surface area contributed by atoms with Gasteiger partial charge in [-0.2, -0.15) is 0 Å². The van der Waals surface area contributed by atoms with Crippen molar-refractivity contribution in [3.05, 3.63) is 47.5 Å². The fraction of sp³-hybridized carbons (Fsp3) is 0.550. The number of esters is 4. The first kappa shape index (κ1) is 48.5. The minimum absolute atomic E-state index is 0.0101. The molecule has 0 bridgehead atoms. The van der Waals surface area contributed by atoms with Gasteiger partial charge in [0.15, 0.2) is 23.0 Å². The minimum Gasteiger partial charge on any atom is -0.504 e. The molecule has 0 aromatic heterocycles. The lowest BCUT2D eigenvalue weighted by Gasteiger charge is -2.29. The summed E-state index contributed by atoms with van der Waals surface area (Å²) < 4.78 is 31.3. The van der Waals surface area contributed by atoms with Gasteiger partial charge in [0.2, 0.25) is 25.4 Å². The molecule has 0 radical (unpaired) electrons. The molecule has 2 fully saturated rings. The smallest absolute Gasteiger partial charge is 0.332 e. The van der Waals surface area contributed by atoms with Crippen LogP contribution in [-0.2, 0) is 47.7 Å². The molecule has 2 saturated heterocycles. The number of thioether (sulfide) groups is 2. The van der Waals surface area contributed by atoms with E-state index in [0.29, 0.717) is 22.6 Å². The number of benzene rings is 2. The van der Waals surface area contributed by atoms with E-state index in [9.17, 15) is 39.0 Å². The number of para-hydroxylation sites is 2. The molecule has 2 amide bonds. The van der Waals surface area contributed by atoms with Gasteiger partial charge < -0.3 is 48.4 Å². The zero-order chi connectivity index (χ0) is 44.4. The molecule has 2 N–H and O–H groups in total. The number of hydrogen-bond acceptors (Lipinski definition) is 18. The molecule has 0 spiro atoms. The van der Waals surface area contributed by atoms with E-state index in [-0.39, 0.29) is 47.3 Å². The molecule has 0 aliphatic carbocycles. The standard InChI is InChI=1S/C40H52N2O14S4/c1-39(2,3)37(49)55-21-53-35(47)25-19-57-33(23-11-9-13-27(51-7)31(23)45)41(25)29(43)15-17-59-60-18-16-30(44)42-26(36(48)54-22-56-38(50)40(4,5)6)20-58-34(42)24-12-10-14-28(52-8)32(24)46/h9-14,25-26,33-34,45-46H,15-22H2,1-8H3/t25-,26-,33?,34?/m0/s1. The Kier molecular flexibility index (Phi) is 17.5. The SMILES string of the molecule is COc1cccc(C2SC[C@@H](C(=O)OCOC(=O)C(C)(C)C)N2C(=O)CCSSCCC(=O)N2C(c3cccc(OC)c3O)SC[C@H]2C(=O)OCOC(=O)C(C)(C)C)c1O. The van der Waals surface area contributed by atoms with Crippen LogP contribution in [0.4, 0.5) is 0 Å². The highest BCUT2D eigenvalue weighted by atomic mass is 33.1. The fourth-order valence-corrected chi connectivity index (χ4v) is 10.7. The summed E-state index contributed by atoms with van der Waals surface area (Å²) >= 11 is 2.53. The maximum atomic E-state index is 13.9. The van der Waals surface area contributed by atoms with Crippen molar-refractivity contribution in [2.24, 2.45) is 10.8 Å². The van der Waals surface area contributed by atoms with E-state index >= 15 is 0 Å². The summed E-state index contributed by atoms with van der Waals surface area (Å²) in [4.78, 5) is 81.4. The van der Waals surface area contributed by atoms with E-state index in [1.807, 2.05) is 0 Å². The third-order valence-electron chi connectivity index (χ3n) is 9.04. The maximum Gasteiger partial charge on any atom is 0.332 e. The fourth-order valence-electron chi connectivity index (χ4n) is 5.81. The van der Waals surface area contributed by atoms with Gasteiger partial charge in [0, 0.05) is 47.0 Å². The van der Waals surface area contributed by atoms with Crippen molar-refractivity contribution in [2.75, 3.05) is 50.8 Å². The van der Waals surface area contributed by atoms with E-state index in [4.69, 9.17) is 28.4 Å². The van der Waals surface area contributed by atoms with Gasteiger partial charge in [0.25, 0.3) is 0 Å². The second-order valence-corrected chi connectivity index (χ2v) is 20.4. The molecule has 20 heteroatoms. The third kappa shape index (κ3) is 12.2. The van der Waals surface area contributed by atoms with Crippen molar-refractivity contribution < 1.29 is 67.4 Å². The van der Waals surface area contributed by atoms with E-state index < -0.39 is 82.9 Å². The minimum atomic E-state index is -1.04. The molecule has 2 aromatic rings. The zero-order valence-corrected chi connectivity index (χ0v) is 38.0. The lowest BCUT2D eigenvalue weighted by atomic mass is 9.97. The summed E-state index contributed by atoms with van der Waals surface area (Å²) in [6.45, 7) is 8.73. The molecule has 60 heavy (non-hydrogen) atoms. The number of ether oxygens (including phenoxy) is 6. The molecule has 4 atom stereocenters. The Morgan fingerprint density at radius 1 is 0.633 bits per heavy atom. The van der Waals surface area contributed by atoms with Gasteiger partial charge >= 0.3 is 23.9 Å². The highest BCUT2D eigenvalue weighted by Crippen LogP contribution is 2.49. The average Bonchev–Trinajstić information content (AvgIpc) is 3.84. The summed E-state index contributed by atoms with van der Waals surface area (Å²) in [5.41, 5.74) is -0.881. The maximum absolute atomic E-state index is 13.9. The summed E-state index contributed by atoms with van der Waals surface area (Å²) in [7, 11) is 5.48. The average molecular weight is 913 g/mol. The van der Waals surface area contributed by atoms with Crippen LogP contribution in [0.25, 0.3) is 0 Å². The van der Waals surface area contributed by atoms with E-state index in [2.05, 4.69) is 0 Å². The predicted octanol–water partition coefficient (Wildman–Crippen LogP) is 6.04. The molecule has 2 aromatic carbocycles. The third-order valence-corrected chi connectivity index (χ3v) is 14.1. The number of methoxy groups -OCH3 is 2. The van der Waals surface area contributed by atoms with Crippen LogP contribution >= 0.6 is 45.1 Å². The van der Waals surface area contributed by atoms with Gasteiger partial charge in [-0.15, -0.1) is 23.5 Å². The first-order valence-corrected chi connectivity index (χ1v) is 23.4. The highest BCUT2D eigenvalue weighted by Gasteiger charge is 2.46. The van der Waals surface area contributed by atoms with Gasteiger partial charge in [-0.05, 0) is 53.7 Å². The van der Waals surface area contributed by atoms with Crippen molar-refractivity contribution >= 4 is 80.8 Å². The van der Waals surface area contributed by atoms with Crippen LogP contribution < -0.4 is 9.47 Å². The molecule has 2 aliphatic rings. The molecule has 16 nitrogen and oxygen atoms in total. The van der Waals surface area contributed by atoms with Gasteiger partial charge in [-0.25, -0.2) is 9.59 Å². The lowest BCUT2D eigenvalue weighted by Crippen LogP contribution is -2.44. The summed E-state index contributed by atoms with van der Waals surface area (Å²) in [6, 6.07) is 7.68. The van der Waals surface area contributed by atoms with Crippen LogP contribution in [0.1, 0.15) is 76.3 Å². The Bertz CT molecular complexity index is 1750. The van der Waals surface area contributed by atoms with Crippen LogP contribution in [0.3, 0.4) is 0 Å². The van der Waals surface area contributed by atoms with Crippen LogP contribution in [0.15, 0.2) is 36.4 Å². The van der Waals surface area contributed by atoms with Crippen molar-refractivity contribution in [3.8, 4) is 23.0 Å². The van der Waals surface area contributed by atoms with Gasteiger partial charge in [-0.1, -0.05) is 45.9 Å². The quantitative estimate of drug-likeness (QED) is 0.0803. The van der Waals surface area contributed by atoms with Crippen LogP contribution in [0.5, 0.6) is 23.0 Å². The van der Waals surface area contributed by atoms with Crippen LogP contribution in [-0.4, -0.2) is 119 Å². The number of aromatic hydroxyl groups is 2. The number of nitrogens with zero attached hydrogens (tertiary/aromatic N) is 2. The molecular weight excluding hydrogens is 861 g/mol. The Hall–Kier alpha value is -4.14. The Labute approximate surface area is 365 Å². The number of carbonyl (C=O) groups is 6. The van der Waals surface area contributed by atoms with Gasteiger partial charge in [0.05, 0.1) is 25.0 Å². The Balaban J connectivity index is 1.39. The Morgan fingerprint density at radius 2 is 1.00 bits per heavy atom. The molecule has 0 saturated carbocycles. The number of carbonyl (C=O) groups excluding carboxylic acids is 6. The van der Waals surface area contributed by atoms with Gasteiger partial charge in [-0.3, -0.25) is 19.2 Å². The summed E-state index contributed by atoms with van der Waals surface area (Å²) in [5, 5.41) is 20.4. The number of rotatable bonds is 17. The molecule has 2 heterocycles. The number of amides is 2. The molecule has 2 unspecified atom stereocenters. The Morgan fingerprint density at radius 3 is 1.33 bits per heavy atom. The normalized spacial score (nSPS) is 19.1. The zero-order valence-electron chi connectivity index (χ0n) is 34.8. The number of hydrogen-bond donors (Lipinski definition) is 2. The summed E-state index contributed by atoms with van der Waals surface area (Å²) in [5.74, 6) is -2.48. The number of phenolic OH excluding ortho intramolecular Hbond substituents is 2. The van der Waals surface area contributed by atoms with Crippen molar-refractivity contribution in [3.63, 3.8) is 0 Å². The second-order valence-electron chi connectivity index (χ2n) is 15.5. The van der Waals surface area contributed by atoms with E-state index in [0.717, 1.165) is 0 Å². The molecule has 330 valence electrons. The molecular formula is C40H52N2O14S4. The second kappa shape index (κ2) is 21.6.